The molecule has 2 bridgehead atoms. The quantitative estimate of drug-likeness (QED) is 0.593. The predicted molar refractivity (Wildman–Crippen MR) is 66.6 cm³/mol. The van der Waals surface area contributed by atoms with Crippen LogP contribution in [0.25, 0.3) is 0 Å². The van der Waals surface area contributed by atoms with Crippen molar-refractivity contribution < 1.29 is 0 Å². The van der Waals surface area contributed by atoms with Crippen molar-refractivity contribution in [2.45, 2.75) is 47.0 Å². The SMILES string of the molecule is CCC(C)C(C(C)C)C1CC2C=CC1C2. The van der Waals surface area contributed by atoms with Crippen molar-refractivity contribution in [1.82, 2.24) is 0 Å². The molecule has 0 aliphatic heterocycles. The normalized spacial score (nSPS) is 37.5. The average molecular weight is 206 g/mol. The summed E-state index contributed by atoms with van der Waals surface area (Å²) in [7, 11) is 0. The number of rotatable bonds is 4. The number of allylic oxidation sites excluding steroid dienone is 2. The van der Waals surface area contributed by atoms with Crippen LogP contribution in [0.4, 0.5) is 0 Å². The summed E-state index contributed by atoms with van der Waals surface area (Å²) in [6.45, 7) is 9.66. The van der Waals surface area contributed by atoms with E-state index in [2.05, 4.69) is 39.8 Å². The lowest BCUT2D eigenvalue weighted by Gasteiger charge is -2.36. The minimum Gasteiger partial charge on any atom is -0.0851 e. The van der Waals surface area contributed by atoms with Crippen LogP contribution in [0.5, 0.6) is 0 Å². The van der Waals surface area contributed by atoms with Crippen molar-refractivity contribution in [2.24, 2.45) is 35.5 Å². The number of fused-ring (bicyclic) bond motifs is 2. The van der Waals surface area contributed by atoms with E-state index in [4.69, 9.17) is 0 Å². The highest BCUT2D eigenvalue weighted by Crippen LogP contribution is 2.50. The second kappa shape index (κ2) is 4.31. The molecular formula is C15H26. The van der Waals surface area contributed by atoms with Gasteiger partial charge >= 0.3 is 0 Å². The van der Waals surface area contributed by atoms with Gasteiger partial charge in [0.1, 0.15) is 0 Å². The van der Waals surface area contributed by atoms with Gasteiger partial charge in [-0.05, 0) is 48.3 Å². The van der Waals surface area contributed by atoms with E-state index in [1.807, 2.05) is 0 Å². The van der Waals surface area contributed by atoms with Crippen LogP contribution in [0.2, 0.25) is 0 Å². The monoisotopic (exact) mass is 206 g/mol. The topological polar surface area (TPSA) is 0 Å². The Balaban J connectivity index is 2.09. The molecule has 15 heavy (non-hydrogen) atoms. The smallest absolute Gasteiger partial charge is 0.0196 e. The van der Waals surface area contributed by atoms with E-state index in [0.29, 0.717) is 0 Å². The molecule has 0 amide bonds. The molecule has 0 aromatic carbocycles. The van der Waals surface area contributed by atoms with Gasteiger partial charge in [0.05, 0.1) is 0 Å². The predicted octanol–water partition coefficient (Wildman–Crippen LogP) is 4.52. The molecule has 0 aromatic heterocycles. The molecule has 0 radical (unpaired) electrons. The summed E-state index contributed by atoms with van der Waals surface area (Å²) < 4.78 is 0. The molecular weight excluding hydrogens is 180 g/mol. The van der Waals surface area contributed by atoms with E-state index in [1.165, 1.54) is 19.3 Å². The Kier molecular flexibility index (Phi) is 3.23. The summed E-state index contributed by atoms with van der Waals surface area (Å²) in [5.41, 5.74) is 0. The van der Waals surface area contributed by atoms with E-state index >= 15 is 0 Å². The minimum atomic E-state index is 0.859. The molecule has 0 heteroatoms. The maximum Gasteiger partial charge on any atom is -0.0196 e. The van der Waals surface area contributed by atoms with Gasteiger partial charge in [-0.2, -0.15) is 0 Å². The van der Waals surface area contributed by atoms with Crippen LogP contribution in [0, 0.1) is 35.5 Å². The van der Waals surface area contributed by atoms with Gasteiger partial charge in [0.2, 0.25) is 0 Å². The van der Waals surface area contributed by atoms with E-state index in [9.17, 15) is 0 Å². The van der Waals surface area contributed by atoms with E-state index in [1.54, 1.807) is 0 Å². The first-order valence-electron chi connectivity index (χ1n) is 6.81. The Hall–Kier alpha value is -0.260. The summed E-state index contributed by atoms with van der Waals surface area (Å²) in [4.78, 5) is 0. The number of hydrogen-bond acceptors (Lipinski definition) is 0. The van der Waals surface area contributed by atoms with Gasteiger partial charge < -0.3 is 0 Å². The van der Waals surface area contributed by atoms with Gasteiger partial charge in [-0.25, -0.2) is 0 Å². The van der Waals surface area contributed by atoms with Crippen LogP contribution < -0.4 is 0 Å². The van der Waals surface area contributed by atoms with Gasteiger partial charge in [-0.1, -0.05) is 46.3 Å². The maximum absolute atomic E-state index is 2.51. The standard InChI is InChI=1S/C15H26/c1-5-11(4)15(10(2)3)14-9-12-6-7-13(14)8-12/h6-7,10-15H,5,8-9H2,1-4H3. The Labute approximate surface area is 95.1 Å². The fourth-order valence-corrected chi connectivity index (χ4v) is 4.11. The van der Waals surface area contributed by atoms with Crippen molar-refractivity contribution in [3.8, 4) is 0 Å². The Morgan fingerprint density at radius 2 is 1.87 bits per heavy atom. The van der Waals surface area contributed by atoms with Crippen LogP contribution in [0.3, 0.4) is 0 Å². The molecule has 5 atom stereocenters. The molecule has 0 heterocycles. The van der Waals surface area contributed by atoms with Crippen molar-refractivity contribution in [3.63, 3.8) is 0 Å². The molecule has 86 valence electrons. The summed E-state index contributed by atoms with van der Waals surface area (Å²) >= 11 is 0. The lowest BCUT2D eigenvalue weighted by Crippen LogP contribution is -2.29. The van der Waals surface area contributed by atoms with Crippen molar-refractivity contribution >= 4 is 0 Å². The van der Waals surface area contributed by atoms with Crippen LogP contribution in [-0.4, -0.2) is 0 Å². The summed E-state index contributed by atoms with van der Waals surface area (Å²) in [6.07, 6.45) is 9.27. The molecule has 0 aromatic rings. The molecule has 2 aliphatic carbocycles. The maximum atomic E-state index is 2.51. The zero-order valence-corrected chi connectivity index (χ0v) is 10.7. The van der Waals surface area contributed by atoms with E-state index in [-0.39, 0.29) is 0 Å². The summed E-state index contributed by atoms with van der Waals surface area (Å²) in [6, 6.07) is 0. The average Bonchev–Trinajstić information content (AvgIpc) is 2.78. The fraction of sp³-hybridized carbons (Fsp3) is 0.867. The molecule has 0 saturated heterocycles. The first kappa shape index (κ1) is 11.2. The fourth-order valence-electron chi connectivity index (χ4n) is 4.11. The Morgan fingerprint density at radius 3 is 2.27 bits per heavy atom. The molecule has 0 N–H and O–H groups in total. The lowest BCUT2D eigenvalue weighted by atomic mass is 9.69. The van der Waals surface area contributed by atoms with Gasteiger partial charge in [-0.3, -0.25) is 0 Å². The molecule has 5 unspecified atom stereocenters. The van der Waals surface area contributed by atoms with Gasteiger partial charge in [0.25, 0.3) is 0 Å². The highest BCUT2D eigenvalue weighted by molar-refractivity contribution is 5.11. The number of hydrogen-bond donors (Lipinski definition) is 0. The van der Waals surface area contributed by atoms with Crippen LogP contribution >= 0.6 is 0 Å². The molecule has 2 aliphatic rings. The van der Waals surface area contributed by atoms with Crippen LogP contribution in [0.15, 0.2) is 12.2 Å². The first-order chi connectivity index (χ1) is 7.13. The summed E-state index contributed by atoms with van der Waals surface area (Å²) in [5.74, 6) is 5.58. The lowest BCUT2D eigenvalue weighted by molar-refractivity contribution is 0.148. The third-order valence-corrected chi connectivity index (χ3v) is 4.90. The largest absolute Gasteiger partial charge is 0.0851 e. The van der Waals surface area contributed by atoms with Gasteiger partial charge in [-0.15, -0.1) is 0 Å². The Morgan fingerprint density at radius 1 is 1.13 bits per heavy atom. The zero-order chi connectivity index (χ0) is 11.0. The third-order valence-electron chi connectivity index (χ3n) is 4.90. The van der Waals surface area contributed by atoms with Crippen LogP contribution in [0.1, 0.15) is 47.0 Å². The molecule has 2 rings (SSSR count). The molecule has 1 saturated carbocycles. The molecule has 1 fully saturated rings. The van der Waals surface area contributed by atoms with Crippen molar-refractivity contribution in [1.29, 1.82) is 0 Å². The highest BCUT2D eigenvalue weighted by Gasteiger charge is 2.42. The van der Waals surface area contributed by atoms with Crippen LogP contribution in [-0.2, 0) is 0 Å². The van der Waals surface area contributed by atoms with E-state index in [0.717, 1.165) is 35.5 Å². The molecule has 0 nitrogen and oxygen atoms in total. The second-order valence-electron chi connectivity index (χ2n) is 6.15. The Bertz CT molecular complexity index is 238. The molecule has 0 spiro atoms. The zero-order valence-electron chi connectivity index (χ0n) is 10.7. The van der Waals surface area contributed by atoms with E-state index < -0.39 is 0 Å². The first-order valence-corrected chi connectivity index (χ1v) is 6.81. The van der Waals surface area contributed by atoms with Gasteiger partial charge in [0.15, 0.2) is 0 Å². The van der Waals surface area contributed by atoms with Crippen molar-refractivity contribution in [3.05, 3.63) is 12.2 Å². The highest BCUT2D eigenvalue weighted by atomic mass is 14.5. The third kappa shape index (κ3) is 2.00. The second-order valence-corrected chi connectivity index (χ2v) is 6.15. The van der Waals surface area contributed by atoms with Crippen molar-refractivity contribution in [2.75, 3.05) is 0 Å². The van der Waals surface area contributed by atoms with Gasteiger partial charge in [0, 0.05) is 0 Å². The minimum absolute atomic E-state index is 0.859. The summed E-state index contributed by atoms with van der Waals surface area (Å²) in [5, 5.41) is 0.